The van der Waals surface area contributed by atoms with E-state index in [0.29, 0.717) is 11.1 Å². The van der Waals surface area contributed by atoms with E-state index in [1.807, 2.05) is 42.1 Å². The molecule has 3 aromatic rings. The summed E-state index contributed by atoms with van der Waals surface area (Å²) in [5.41, 5.74) is 2.24. The van der Waals surface area contributed by atoms with Crippen molar-refractivity contribution in [2.75, 3.05) is 4.90 Å². The number of aryl methyl sites for hydroxylation is 1. The summed E-state index contributed by atoms with van der Waals surface area (Å²) < 4.78 is 1.92. The molecule has 0 spiro atoms. The normalized spacial score (nSPS) is 14.5. The highest BCUT2D eigenvalue weighted by atomic mass is 35.5. The lowest BCUT2D eigenvalue weighted by atomic mass is 10.1. The fourth-order valence-electron chi connectivity index (χ4n) is 3.13. The second kappa shape index (κ2) is 5.76. The molecule has 0 saturated carbocycles. The van der Waals surface area contributed by atoms with Crippen molar-refractivity contribution in [1.29, 1.82) is 0 Å². The predicted octanol–water partition coefficient (Wildman–Crippen LogP) is 4.44. The van der Waals surface area contributed by atoms with Gasteiger partial charge in [-0.15, -0.1) is 0 Å². The van der Waals surface area contributed by atoms with Gasteiger partial charge in [-0.1, -0.05) is 47.5 Å². The smallest absolute Gasteiger partial charge is 0.266 e. The van der Waals surface area contributed by atoms with Gasteiger partial charge in [0.15, 0.2) is 0 Å². The van der Waals surface area contributed by atoms with Crippen molar-refractivity contribution in [3.05, 3.63) is 70.3 Å². The Balaban J connectivity index is 1.85. The summed E-state index contributed by atoms with van der Waals surface area (Å²) in [4.78, 5) is 26.5. The van der Waals surface area contributed by atoms with Crippen LogP contribution in [-0.4, -0.2) is 16.4 Å². The lowest BCUT2D eigenvalue weighted by molar-refractivity contribution is -0.119. The Hall–Kier alpha value is -2.56. The van der Waals surface area contributed by atoms with Crippen LogP contribution in [0.25, 0.3) is 16.5 Å². The third kappa shape index (κ3) is 2.37. The Bertz CT molecular complexity index is 1060. The fourth-order valence-corrected chi connectivity index (χ4v) is 3.70. The van der Waals surface area contributed by atoms with E-state index in [4.69, 9.17) is 23.2 Å². The van der Waals surface area contributed by atoms with E-state index < -0.39 is 11.8 Å². The standard InChI is InChI=1S/C19H12Cl2N2O2/c1-22-10-13(11-5-2-3-8-16(11)22)12-9-17(24)23(19(12)25)18-14(20)6-4-7-15(18)21/h2-10H,1H3. The number of nitrogens with zero attached hydrogens (tertiary/aromatic N) is 2. The van der Waals surface area contributed by atoms with E-state index >= 15 is 0 Å². The maximum atomic E-state index is 13.0. The molecule has 0 bridgehead atoms. The predicted molar refractivity (Wildman–Crippen MR) is 99.9 cm³/mol. The summed E-state index contributed by atoms with van der Waals surface area (Å²) in [5.74, 6) is -0.890. The summed E-state index contributed by atoms with van der Waals surface area (Å²) in [6.45, 7) is 0. The number of hydrogen-bond acceptors (Lipinski definition) is 2. The Kier molecular flexibility index (Phi) is 3.67. The van der Waals surface area contributed by atoms with Crippen LogP contribution < -0.4 is 4.90 Å². The van der Waals surface area contributed by atoms with Crippen LogP contribution in [0.4, 0.5) is 5.69 Å². The van der Waals surface area contributed by atoms with E-state index in [1.54, 1.807) is 18.2 Å². The number of anilines is 1. The largest absolute Gasteiger partial charge is 0.350 e. The van der Waals surface area contributed by atoms with Crippen molar-refractivity contribution in [3.8, 4) is 0 Å². The van der Waals surface area contributed by atoms with Crippen molar-refractivity contribution in [2.24, 2.45) is 7.05 Å². The molecule has 2 aromatic carbocycles. The van der Waals surface area contributed by atoms with Crippen LogP contribution in [0, 0.1) is 0 Å². The first-order valence-corrected chi connectivity index (χ1v) is 8.33. The number of benzene rings is 2. The SMILES string of the molecule is Cn1cc(C2=CC(=O)N(c3c(Cl)cccc3Cl)C2=O)c2ccccc21. The number of carbonyl (C=O) groups excluding carboxylic acids is 2. The molecule has 4 nitrogen and oxygen atoms in total. The van der Waals surface area contributed by atoms with Gasteiger partial charge in [0, 0.05) is 35.8 Å². The van der Waals surface area contributed by atoms with E-state index in [-0.39, 0.29) is 15.7 Å². The van der Waals surface area contributed by atoms with Crippen LogP contribution in [0.1, 0.15) is 5.56 Å². The molecule has 0 aliphatic carbocycles. The average Bonchev–Trinajstić information content (AvgIpc) is 3.06. The molecule has 6 heteroatoms. The molecule has 1 aliphatic rings. The van der Waals surface area contributed by atoms with Crippen molar-refractivity contribution in [1.82, 2.24) is 4.57 Å². The molecule has 0 saturated heterocycles. The molecule has 4 rings (SSSR count). The van der Waals surface area contributed by atoms with Gasteiger partial charge in [0.1, 0.15) is 0 Å². The summed E-state index contributed by atoms with van der Waals surface area (Å²) in [5, 5.41) is 1.41. The summed E-state index contributed by atoms with van der Waals surface area (Å²) >= 11 is 12.4. The highest BCUT2D eigenvalue weighted by molar-refractivity contribution is 6.49. The van der Waals surface area contributed by atoms with Crippen LogP contribution in [0.2, 0.25) is 10.0 Å². The average molecular weight is 371 g/mol. The van der Waals surface area contributed by atoms with Gasteiger partial charge in [0.05, 0.1) is 21.3 Å². The van der Waals surface area contributed by atoms with Gasteiger partial charge >= 0.3 is 0 Å². The van der Waals surface area contributed by atoms with Crippen LogP contribution in [0.3, 0.4) is 0 Å². The first-order chi connectivity index (χ1) is 12.0. The zero-order chi connectivity index (χ0) is 17.7. The van der Waals surface area contributed by atoms with Gasteiger partial charge in [0.25, 0.3) is 11.8 Å². The van der Waals surface area contributed by atoms with Crippen LogP contribution in [-0.2, 0) is 16.6 Å². The summed E-state index contributed by atoms with van der Waals surface area (Å²) in [7, 11) is 1.90. The first-order valence-electron chi connectivity index (χ1n) is 7.57. The maximum absolute atomic E-state index is 13.0. The number of amides is 2. The molecule has 0 fully saturated rings. The Morgan fingerprint density at radius 2 is 1.60 bits per heavy atom. The van der Waals surface area contributed by atoms with Gasteiger partial charge in [-0.05, 0) is 18.2 Å². The van der Waals surface area contributed by atoms with Crippen molar-refractivity contribution in [3.63, 3.8) is 0 Å². The molecule has 0 radical (unpaired) electrons. The van der Waals surface area contributed by atoms with Crippen LogP contribution in [0.15, 0.2) is 54.7 Å². The fraction of sp³-hybridized carbons (Fsp3) is 0.0526. The first kappa shape index (κ1) is 15.9. The van der Waals surface area contributed by atoms with Gasteiger partial charge in [0.2, 0.25) is 0 Å². The van der Waals surface area contributed by atoms with Gasteiger partial charge in [-0.3, -0.25) is 9.59 Å². The number of imide groups is 1. The number of halogens is 2. The molecule has 0 atom stereocenters. The molecule has 2 heterocycles. The van der Waals surface area contributed by atoms with Gasteiger partial charge < -0.3 is 4.57 Å². The number of fused-ring (bicyclic) bond motifs is 1. The van der Waals surface area contributed by atoms with E-state index in [1.165, 1.54) is 6.08 Å². The zero-order valence-corrected chi connectivity index (χ0v) is 14.7. The third-order valence-corrected chi connectivity index (χ3v) is 4.88. The third-order valence-electron chi connectivity index (χ3n) is 4.27. The van der Waals surface area contributed by atoms with Crippen LogP contribution >= 0.6 is 23.2 Å². The summed E-state index contributed by atoms with van der Waals surface area (Å²) in [6, 6.07) is 12.6. The highest BCUT2D eigenvalue weighted by Crippen LogP contribution is 2.39. The van der Waals surface area contributed by atoms with Gasteiger partial charge in [-0.2, -0.15) is 0 Å². The number of aromatic nitrogens is 1. The number of para-hydroxylation sites is 2. The second-order valence-corrected chi connectivity index (χ2v) is 6.59. The molecule has 25 heavy (non-hydrogen) atoms. The Morgan fingerprint density at radius 1 is 0.920 bits per heavy atom. The lowest BCUT2D eigenvalue weighted by Crippen LogP contribution is -2.31. The maximum Gasteiger partial charge on any atom is 0.266 e. The molecule has 0 N–H and O–H groups in total. The molecular formula is C19H12Cl2N2O2. The minimum absolute atomic E-state index is 0.215. The summed E-state index contributed by atoms with van der Waals surface area (Å²) in [6.07, 6.45) is 3.18. The molecule has 2 amide bonds. The van der Waals surface area contributed by atoms with Crippen LogP contribution in [0.5, 0.6) is 0 Å². The monoisotopic (exact) mass is 370 g/mol. The molecular weight excluding hydrogens is 359 g/mol. The minimum Gasteiger partial charge on any atom is -0.350 e. The molecule has 1 aromatic heterocycles. The van der Waals surface area contributed by atoms with Gasteiger partial charge in [-0.25, -0.2) is 4.90 Å². The van der Waals surface area contributed by atoms with E-state index in [0.717, 1.165) is 15.8 Å². The lowest BCUT2D eigenvalue weighted by Gasteiger charge is -2.17. The number of rotatable bonds is 2. The van der Waals surface area contributed by atoms with Crippen molar-refractivity contribution in [2.45, 2.75) is 0 Å². The second-order valence-electron chi connectivity index (χ2n) is 5.78. The highest BCUT2D eigenvalue weighted by Gasteiger charge is 2.36. The van der Waals surface area contributed by atoms with Crippen molar-refractivity contribution < 1.29 is 9.59 Å². The Morgan fingerprint density at radius 3 is 2.32 bits per heavy atom. The quantitative estimate of drug-likeness (QED) is 0.625. The number of carbonyl (C=O) groups is 2. The molecule has 0 unspecified atom stereocenters. The van der Waals surface area contributed by atoms with E-state index in [2.05, 4.69) is 0 Å². The minimum atomic E-state index is -0.456. The number of hydrogen-bond donors (Lipinski definition) is 0. The Labute approximate surface area is 153 Å². The van der Waals surface area contributed by atoms with Crippen molar-refractivity contribution >= 4 is 57.2 Å². The molecule has 1 aliphatic heterocycles. The molecule has 124 valence electrons. The topological polar surface area (TPSA) is 42.3 Å². The zero-order valence-electron chi connectivity index (χ0n) is 13.2. The van der Waals surface area contributed by atoms with E-state index in [9.17, 15) is 9.59 Å².